The Balaban J connectivity index is 1.10. The summed E-state index contributed by atoms with van der Waals surface area (Å²) in [5.41, 5.74) is 7.11. The number of ether oxygens (including phenoxy) is 2. The van der Waals surface area contributed by atoms with Gasteiger partial charge in [0.2, 0.25) is 0 Å². The Kier molecular flexibility index (Phi) is 6.86. The normalized spacial score (nSPS) is 21.1. The molecule has 2 aromatic rings. The van der Waals surface area contributed by atoms with Crippen molar-refractivity contribution >= 4 is 23.4 Å². The third-order valence-electron chi connectivity index (χ3n) is 8.33. The highest BCUT2D eigenvalue weighted by molar-refractivity contribution is 5.91. The number of likely N-dealkylation sites (tertiary alicyclic amines) is 1. The van der Waals surface area contributed by atoms with E-state index in [9.17, 15) is 4.79 Å². The molecule has 8 nitrogen and oxygen atoms in total. The van der Waals surface area contributed by atoms with Crippen LogP contribution < -0.4 is 4.90 Å². The molecule has 5 heterocycles. The third-order valence-corrected chi connectivity index (χ3v) is 8.33. The lowest BCUT2D eigenvalue weighted by Gasteiger charge is -2.37. The number of hydrogen-bond donors (Lipinski definition) is 0. The number of pyridine rings is 2. The molecule has 6 rings (SSSR count). The highest BCUT2D eigenvalue weighted by atomic mass is 16.6. The van der Waals surface area contributed by atoms with E-state index < -0.39 is 0 Å². The van der Waals surface area contributed by atoms with Crippen molar-refractivity contribution in [2.75, 3.05) is 57.4 Å². The summed E-state index contributed by atoms with van der Waals surface area (Å²) >= 11 is 0. The molecule has 0 aromatic carbocycles. The second kappa shape index (κ2) is 10.4. The molecule has 4 aliphatic rings. The number of piperazine rings is 1. The van der Waals surface area contributed by atoms with Crippen LogP contribution in [0.1, 0.15) is 55.1 Å². The number of carbonyl (C=O) groups excluding carboxylic acids is 1. The molecular formula is C29H37N5O3. The maximum absolute atomic E-state index is 12.4. The molecule has 3 saturated heterocycles. The fraction of sp³-hybridized carbons (Fsp3) is 0.552. The van der Waals surface area contributed by atoms with Gasteiger partial charge in [-0.2, -0.15) is 0 Å². The van der Waals surface area contributed by atoms with Crippen LogP contribution in [0.4, 0.5) is 10.5 Å². The summed E-state index contributed by atoms with van der Waals surface area (Å²) in [7, 11) is 0. The average molecular weight is 504 g/mol. The summed E-state index contributed by atoms with van der Waals surface area (Å²) in [5, 5.41) is 0. The zero-order chi connectivity index (χ0) is 25.4. The first-order valence-corrected chi connectivity index (χ1v) is 13.7. The van der Waals surface area contributed by atoms with Crippen LogP contribution in [-0.2, 0) is 15.9 Å². The second-order valence-electron chi connectivity index (χ2n) is 10.9. The number of carbonyl (C=O) groups is 1. The van der Waals surface area contributed by atoms with Gasteiger partial charge in [0.25, 0.3) is 0 Å². The van der Waals surface area contributed by atoms with E-state index in [2.05, 4.69) is 59.1 Å². The molecule has 3 aliphatic heterocycles. The van der Waals surface area contributed by atoms with E-state index >= 15 is 0 Å². The molecule has 0 atom stereocenters. The highest BCUT2D eigenvalue weighted by Crippen LogP contribution is 2.36. The SMILES string of the molecule is CC(C)N1CCC(c2ccc(C3=Cc4c(N5CCN(C(=O)OC6COC6)CC5)ccnc4C3)nc2)CC1. The Bertz CT molecular complexity index is 1140. The second-order valence-corrected chi connectivity index (χ2v) is 10.9. The predicted octanol–water partition coefficient (Wildman–Crippen LogP) is 3.82. The number of amides is 1. The molecule has 8 heteroatoms. The first-order chi connectivity index (χ1) is 18.0. The molecular weight excluding hydrogens is 466 g/mol. The molecule has 0 spiro atoms. The van der Waals surface area contributed by atoms with Gasteiger partial charge >= 0.3 is 6.09 Å². The molecule has 196 valence electrons. The number of fused-ring (bicyclic) bond motifs is 1. The van der Waals surface area contributed by atoms with Crippen molar-refractivity contribution in [2.45, 2.75) is 51.2 Å². The van der Waals surface area contributed by atoms with Crippen LogP contribution in [0.5, 0.6) is 0 Å². The van der Waals surface area contributed by atoms with Crippen molar-refractivity contribution in [3.05, 3.63) is 53.1 Å². The molecule has 0 saturated carbocycles. The number of anilines is 1. The Labute approximate surface area is 219 Å². The monoisotopic (exact) mass is 503 g/mol. The van der Waals surface area contributed by atoms with Crippen molar-refractivity contribution in [1.82, 2.24) is 19.8 Å². The quantitative estimate of drug-likeness (QED) is 0.614. The minimum Gasteiger partial charge on any atom is -0.441 e. The smallest absolute Gasteiger partial charge is 0.410 e. The standard InChI is InChI=1S/C29H37N5O3/c1-20(2)32-9-6-21(7-10-32)22-3-4-26(31-17-22)23-15-25-27(16-23)30-8-5-28(25)33-11-13-34(14-12-33)29(35)37-24-18-36-19-24/h3-5,8,15,17,20-21,24H,6-7,9-14,16,18-19H2,1-2H3. The molecule has 0 N–H and O–H groups in total. The molecule has 0 radical (unpaired) electrons. The first-order valence-electron chi connectivity index (χ1n) is 13.7. The topological polar surface area (TPSA) is 71.0 Å². The van der Waals surface area contributed by atoms with Crippen LogP contribution in [0.15, 0.2) is 30.6 Å². The summed E-state index contributed by atoms with van der Waals surface area (Å²) in [6.45, 7) is 10.8. The summed E-state index contributed by atoms with van der Waals surface area (Å²) < 4.78 is 10.6. The lowest BCUT2D eigenvalue weighted by Crippen LogP contribution is -2.51. The van der Waals surface area contributed by atoms with E-state index in [1.807, 2.05) is 6.20 Å². The zero-order valence-electron chi connectivity index (χ0n) is 21.9. The van der Waals surface area contributed by atoms with Crippen LogP contribution in [-0.4, -0.2) is 90.5 Å². The molecule has 3 fully saturated rings. The minimum atomic E-state index is -0.227. The van der Waals surface area contributed by atoms with Crippen molar-refractivity contribution < 1.29 is 14.3 Å². The summed E-state index contributed by atoms with van der Waals surface area (Å²) in [6.07, 6.45) is 9.17. The molecule has 1 amide bonds. The van der Waals surface area contributed by atoms with E-state index in [4.69, 9.17) is 14.5 Å². The predicted molar refractivity (Wildman–Crippen MR) is 144 cm³/mol. The van der Waals surface area contributed by atoms with E-state index in [-0.39, 0.29) is 12.2 Å². The molecule has 2 aromatic heterocycles. The van der Waals surface area contributed by atoms with Crippen molar-refractivity contribution in [2.24, 2.45) is 0 Å². The number of allylic oxidation sites excluding steroid dienone is 1. The van der Waals surface area contributed by atoms with Gasteiger partial charge in [0.15, 0.2) is 6.10 Å². The number of aromatic nitrogens is 2. The summed E-state index contributed by atoms with van der Waals surface area (Å²) in [5.74, 6) is 0.609. The fourth-order valence-electron chi connectivity index (χ4n) is 5.86. The lowest BCUT2D eigenvalue weighted by atomic mass is 9.89. The maximum atomic E-state index is 12.4. The van der Waals surface area contributed by atoms with Crippen LogP contribution in [0.25, 0.3) is 11.6 Å². The number of rotatable bonds is 5. The van der Waals surface area contributed by atoms with Gasteiger partial charge in [0, 0.05) is 62.3 Å². The van der Waals surface area contributed by atoms with Gasteiger partial charge < -0.3 is 24.2 Å². The Hall–Kier alpha value is -2.97. The Morgan fingerprint density at radius 3 is 2.46 bits per heavy atom. The maximum Gasteiger partial charge on any atom is 0.410 e. The van der Waals surface area contributed by atoms with Gasteiger partial charge in [-0.05, 0) is 75.0 Å². The molecule has 1 aliphatic carbocycles. The van der Waals surface area contributed by atoms with Crippen LogP contribution >= 0.6 is 0 Å². The molecule has 37 heavy (non-hydrogen) atoms. The summed E-state index contributed by atoms with van der Waals surface area (Å²) in [4.78, 5) is 28.7. The van der Waals surface area contributed by atoms with Crippen molar-refractivity contribution in [3.8, 4) is 0 Å². The van der Waals surface area contributed by atoms with Gasteiger partial charge in [-0.1, -0.05) is 6.07 Å². The number of piperidine rings is 1. The number of nitrogens with zero attached hydrogens (tertiary/aromatic N) is 5. The van der Waals surface area contributed by atoms with Gasteiger partial charge in [-0.25, -0.2) is 4.79 Å². The van der Waals surface area contributed by atoms with Crippen molar-refractivity contribution in [3.63, 3.8) is 0 Å². The van der Waals surface area contributed by atoms with Gasteiger partial charge in [0.05, 0.1) is 24.6 Å². The van der Waals surface area contributed by atoms with Gasteiger partial charge in [-0.15, -0.1) is 0 Å². The first kappa shape index (κ1) is 24.4. The summed E-state index contributed by atoms with van der Waals surface area (Å²) in [6, 6.07) is 7.20. The lowest BCUT2D eigenvalue weighted by molar-refractivity contribution is -0.104. The van der Waals surface area contributed by atoms with Crippen LogP contribution in [0, 0.1) is 0 Å². The van der Waals surface area contributed by atoms with E-state index in [0.717, 1.165) is 30.9 Å². The van der Waals surface area contributed by atoms with E-state index in [0.29, 0.717) is 38.3 Å². The zero-order valence-corrected chi connectivity index (χ0v) is 21.9. The minimum absolute atomic E-state index is 0.0851. The Morgan fingerprint density at radius 1 is 1.03 bits per heavy atom. The van der Waals surface area contributed by atoms with E-state index in [1.54, 1.807) is 4.90 Å². The average Bonchev–Trinajstić information content (AvgIpc) is 3.35. The van der Waals surface area contributed by atoms with Crippen molar-refractivity contribution in [1.29, 1.82) is 0 Å². The van der Waals surface area contributed by atoms with Crippen LogP contribution in [0.3, 0.4) is 0 Å². The Morgan fingerprint density at radius 2 is 1.81 bits per heavy atom. The molecule has 0 bridgehead atoms. The van der Waals surface area contributed by atoms with E-state index in [1.165, 1.54) is 48.3 Å². The van der Waals surface area contributed by atoms with Gasteiger partial charge in [0.1, 0.15) is 0 Å². The van der Waals surface area contributed by atoms with Crippen LogP contribution in [0.2, 0.25) is 0 Å². The highest BCUT2D eigenvalue weighted by Gasteiger charge is 2.30. The van der Waals surface area contributed by atoms with Gasteiger partial charge in [-0.3, -0.25) is 9.97 Å². The third kappa shape index (κ3) is 5.09. The largest absolute Gasteiger partial charge is 0.441 e. The number of hydrogen-bond acceptors (Lipinski definition) is 7. The molecule has 0 unspecified atom stereocenters. The fourth-order valence-corrected chi connectivity index (χ4v) is 5.86.